The van der Waals surface area contributed by atoms with Crippen molar-refractivity contribution < 1.29 is 0 Å². The van der Waals surface area contributed by atoms with Crippen molar-refractivity contribution in [1.29, 1.82) is 0 Å². The van der Waals surface area contributed by atoms with Gasteiger partial charge >= 0.3 is 0 Å². The van der Waals surface area contributed by atoms with E-state index in [0.29, 0.717) is 0 Å². The SMILES string of the molecule is C#C/C=C(C)\C(C)=C/C. The van der Waals surface area contributed by atoms with Crippen LogP contribution in [0.4, 0.5) is 0 Å². The number of rotatable bonds is 1. The van der Waals surface area contributed by atoms with Crippen LogP contribution in [0.3, 0.4) is 0 Å². The third-order valence-electron chi connectivity index (χ3n) is 1.35. The summed E-state index contributed by atoms with van der Waals surface area (Å²) in [7, 11) is 0. The van der Waals surface area contributed by atoms with Crippen LogP contribution in [0.1, 0.15) is 20.8 Å². The van der Waals surface area contributed by atoms with Crippen molar-refractivity contribution in [2.45, 2.75) is 20.8 Å². The highest BCUT2D eigenvalue weighted by molar-refractivity contribution is 5.31. The second-order valence-electron chi connectivity index (χ2n) is 1.97. The van der Waals surface area contributed by atoms with E-state index in [1.54, 1.807) is 6.08 Å². The fraction of sp³-hybridized carbons (Fsp3) is 0.333. The van der Waals surface area contributed by atoms with Gasteiger partial charge in [0.2, 0.25) is 0 Å². The predicted octanol–water partition coefficient (Wildman–Crippen LogP) is 2.53. The Kier molecular flexibility index (Phi) is 3.55. The number of allylic oxidation sites excluding steroid dienone is 4. The summed E-state index contributed by atoms with van der Waals surface area (Å²) in [6.45, 7) is 6.06. The van der Waals surface area contributed by atoms with Gasteiger partial charge in [-0.15, -0.1) is 6.42 Å². The zero-order valence-electron chi connectivity index (χ0n) is 6.23. The molecule has 0 aromatic rings. The summed E-state index contributed by atoms with van der Waals surface area (Å²) in [6, 6.07) is 0. The van der Waals surface area contributed by atoms with Gasteiger partial charge in [-0.25, -0.2) is 0 Å². The van der Waals surface area contributed by atoms with Crippen LogP contribution in [-0.2, 0) is 0 Å². The zero-order chi connectivity index (χ0) is 7.28. The molecule has 0 aromatic heterocycles. The second-order valence-corrected chi connectivity index (χ2v) is 1.97. The smallest absolute Gasteiger partial charge is 0.00898 e. The van der Waals surface area contributed by atoms with Gasteiger partial charge < -0.3 is 0 Å². The first-order valence-corrected chi connectivity index (χ1v) is 2.98. The van der Waals surface area contributed by atoms with Crippen LogP contribution >= 0.6 is 0 Å². The van der Waals surface area contributed by atoms with Crippen LogP contribution in [0.15, 0.2) is 23.3 Å². The van der Waals surface area contributed by atoms with E-state index in [0.717, 1.165) is 0 Å². The molecule has 48 valence electrons. The zero-order valence-corrected chi connectivity index (χ0v) is 6.23. The van der Waals surface area contributed by atoms with E-state index in [2.05, 4.69) is 5.92 Å². The fourth-order valence-electron chi connectivity index (χ4n) is 0.467. The van der Waals surface area contributed by atoms with Crippen LogP contribution in [0.5, 0.6) is 0 Å². The standard InChI is InChI=1S/C9H12/c1-5-7-9(4)8(3)6-2/h1,6-7H,2-4H3/b8-6-,9-7-. The Morgan fingerprint density at radius 2 is 1.89 bits per heavy atom. The molecule has 0 nitrogen and oxygen atoms in total. The molecule has 9 heavy (non-hydrogen) atoms. The number of terminal acetylenes is 1. The summed E-state index contributed by atoms with van der Waals surface area (Å²) in [4.78, 5) is 0. The largest absolute Gasteiger partial charge is 0.115 e. The maximum absolute atomic E-state index is 5.07. The summed E-state index contributed by atoms with van der Waals surface area (Å²) in [5, 5.41) is 0. The Morgan fingerprint density at radius 1 is 1.33 bits per heavy atom. The van der Waals surface area contributed by atoms with Gasteiger partial charge in [0.1, 0.15) is 0 Å². The molecule has 0 bridgehead atoms. The quantitative estimate of drug-likeness (QED) is 0.368. The van der Waals surface area contributed by atoms with E-state index in [4.69, 9.17) is 6.42 Å². The van der Waals surface area contributed by atoms with E-state index in [9.17, 15) is 0 Å². The molecule has 0 aromatic carbocycles. The maximum atomic E-state index is 5.07. The van der Waals surface area contributed by atoms with Gasteiger partial charge in [-0.2, -0.15) is 0 Å². The molecule has 0 unspecified atom stereocenters. The first-order chi connectivity index (χ1) is 4.22. The van der Waals surface area contributed by atoms with Gasteiger partial charge in [0.25, 0.3) is 0 Å². The van der Waals surface area contributed by atoms with Gasteiger partial charge in [0.15, 0.2) is 0 Å². The van der Waals surface area contributed by atoms with E-state index in [1.165, 1.54) is 11.1 Å². The van der Waals surface area contributed by atoms with Crippen LogP contribution in [0.25, 0.3) is 0 Å². The van der Waals surface area contributed by atoms with Gasteiger partial charge in [0, 0.05) is 0 Å². The van der Waals surface area contributed by atoms with Gasteiger partial charge in [0.05, 0.1) is 0 Å². The molecular formula is C9H12. The first kappa shape index (κ1) is 8.04. The molecule has 0 rings (SSSR count). The van der Waals surface area contributed by atoms with Crippen molar-refractivity contribution in [3.8, 4) is 12.3 Å². The lowest BCUT2D eigenvalue weighted by Gasteiger charge is -1.94. The van der Waals surface area contributed by atoms with Crippen molar-refractivity contribution in [1.82, 2.24) is 0 Å². The molecule has 0 aliphatic rings. The minimum Gasteiger partial charge on any atom is -0.115 e. The minimum absolute atomic E-state index is 1.17. The summed E-state index contributed by atoms with van der Waals surface area (Å²) in [6.07, 6.45) is 8.89. The molecule has 0 atom stereocenters. The summed E-state index contributed by atoms with van der Waals surface area (Å²) >= 11 is 0. The lowest BCUT2D eigenvalue weighted by molar-refractivity contribution is 1.33. The van der Waals surface area contributed by atoms with Gasteiger partial charge in [-0.3, -0.25) is 0 Å². The highest BCUT2D eigenvalue weighted by Crippen LogP contribution is 2.05. The number of hydrogen-bond acceptors (Lipinski definition) is 0. The lowest BCUT2D eigenvalue weighted by Crippen LogP contribution is -1.75. The predicted molar refractivity (Wildman–Crippen MR) is 42.0 cm³/mol. The highest BCUT2D eigenvalue weighted by Gasteiger charge is 1.86. The third kappa shape index (κ3) is 2.77. The molecule has 0 saturated carbocycles. The van der Waals surface area contributed by atoms with Crippen molar-refractivity contribution >= 4 is 0 Å². The van der Waals surface area contributed by atoms with E-state index < -0.39 is 0 Å². The normalized spacial score (nSPS) is 13.1. The monoisotopic (exact) mass is 120 g/mol. The molecule has 0 spiro atoms. The van der Waals surface area contributed by atoms with Gasteiger partial charge in [-0.05, 0) is 32.4 Å². The maximum Gasteiger partial charge on any atom is -0.00898 e. The minimum atomic E-state index is 1.17. The molecule has 0 aliphatic carbocycles. The Morgan fingerprint density at radius 3 is 2.22 bits per heavy atom. The van der Waals surface area contributed by atoms with Crippen molar-refractivity contribution in [3.05, 3.63) is 23.3 Å². The Labute approximate surface area is 57.3 Å². The highest BCUT2D eigenvalue weighted by atomic mass is 13.9. The molecular weight excluding hydrogens is 108 g/mol. The summed E-state index contributed by atoms with van der Waals surface area (Å²) < 4.78 is 0. The lowest BCUT2D eigenvalue weighted by atomic mass is 10.1. The summed E-state index contributed by atoms with van der Waals surface area (Å²) in [5.74, 6) is 2.48. The van der Waals surface area contributed by atoms with Crippen molar-refractivity contribution in [3.63, 3.8) is 0 Å². The molecule has 0 aliphatic heterocycles. The van der Waals surface area contributed by atoms with E-state index in [1.807, 2.05) is 26.8 Å². The van der Waals surface area contributed by atoms with E-state index >= 15 is 0 Å². The van der Waals surface area contributed by atoms with Gasteiger partial charge in [-0.1, -0.05) is 17.6 Å². The molecule has 0 saturated heterocycles. The summed E-state index contributed by atoms with van der Waals surface area (Å²) in [5.41, 5.74) is 2.41. The Balaban J connectivity index is 4.25. The Hall–Kier alpha value is -0.960. The van der Waals surface area contributed by atoms with Crippen molar-refractivity contribution in [2.24, 2.45) is 0 Å². The number of hydrogen-bond donors (Lipinski definition) is 0. The first-order valence-electron chi connectivity index (χ1n) is 2.98. The molecule has 0 fully saturated rings. The Bertz CT molecular complexity index is 175. The topological polar surface area (TPSA) is 0 Å². The molecule has 0 heterocycles. The average Bonchev–Trinajstić information content (AvgIpc) is 1.87. The van der Waals surface area contributed by atoms with E-state index in [-0.39, 0.29) is 0 Å². The third-order valence-corrected chi connectivity index (χ3v) is 1.35. The average molecular weight is 120 g/mol. The van der Waals surface area contributed by atoms with Crippen LogP contribution in [0.2, 0.25) is 0 Å². The van der Waals surface area contributed by atoms with Crippen LogP contribution < -0.4 is 0 Å². The van der Waals surface area contributed by atoms with Crippen LogP contribution in [-0.4, -0.2) is 0 Å². The van der Waals surface area contributed by atoms with Crippen LogP contribution in [0, 0.1) is 12.3 Å². The molecule has 0 amide bonds. The molecule has 0 heteroatoms. The second kappa shape index (κ2) is 3.97. The molecule has 0 radical (unpaired) electrons. The molecule has 0 N–H and O–H groups in total. The van der Waals surface area contributed by atoms with Crippen molar-refractivity contribution in [2.75, 3.05) is 0 Å². The fourth-order valence-corrected chi connectivity index (χ4v) is 0.467.